The summed E-state index contributed by atoms with van der Waals surface area (Å²) in [7, 11) is 0. The minimum Gasteiger partial charge on any atom is -0.439 e. The third-order valence-electron chi connectivity index (χ3n) is 5.98. The Morgan fingerprint density at radius 3 is 2.00 bits per heavy atom. The van der Waals surface area contributed by atoms with Gasteiger partial charge in [-0.25, -0.2) is 9.69 Å². The van der Waals surface area contributed by atoms with Gasteiger partial charge in [-0.1, -0.05) is 143 Å². The van der Waals surface area contributed by atoms with Crippen molar-refractivity contribution in [3.05, 3.63) is 109 Å². The van der Waals surface area contributed by atoms with Gasteiger partial charge in [-0.2, -0.15) is 0 Å². The van der Waals surface area contributed by atoms with Crippen molar-refractivity contribution in [2.24, 2.45) is 0 Å². The normalized spacial score (nSPS) is 18.8. The van der Waals surface area contributed by atoms with E-state index in [1.165, 1.54) is 51.0 Å². The lowest BCUT2D eigenvalue weighted by atomic mass is 10.0. The standard InChI is InChI=1S/C32H41NO3/c1-3-4-5-6-7-8-9-10-11-12-13-14-15-16-17-18-19-20-24-27-30(34)33-28(2)31(36-32(33)35)29-25-22-21-23-26-29/h11-28,31H,3-10H2,1-2H3/t28-,31-/m0/s1. The maximum absolute atomic E-state index is 12.5. The third kappa shape index (κ3) is 10.9. The molecule has 0 aromatic heterocycles. The highest BCUT2D eigenvalue weighted by Gasteiger charge is 2.42. The number of nitrogens with zero attached hydrogens (tertiary/aromatic N) is 1. The number of carbonyl (C=O) groups excluding carboxylic acids is 2. The second kappa shape index (κ2) is 18.0. The molecule has 1 aromatic rings. The topological polar surface area (TPSA) is 46.6 Å². The quantitative estimate of drug-likeness (QED) is 0.141. The van der Waals surface area contributed by atoms with Gasteiger partial charge in [-0.05, 0) is 25.3 Å². The lowest BCUT2D eigenvalue weighted by Crippen LogP contribution is -2.36. The van der Waals surface area contributed by atoms with Gasteiger partial charge in [0.25, 0.3) is 5.91 Å². The number of carbonyl (C=O) groups is 2. The Balaban J connectivity index is 1.62. The summed E-state index contributed by atoms with van der Waals surface area (Å²) in [6.45, 7) is 4.07. The number of hydrogen-bond acceptors (Lipinski definition) is 3. The number of allylic oxidation sites excluding steroid dienone is 11. The zero-order valence-electron chi connectivity index (χ0n) is 21.8. The van der Waals surface area contributed by atoms with Crippen LogP contribution in [0.3, 0.4) is 0 Å². The summed E-state index contributed by atoms with van der Waals surface area (Å²) >= 11 is 0. The molecule has 192 valence electrons. The van der Waals surface area contributed by atoms with E-state index in [1.807, 2.05) is 79.8 Å². The zero-order valence-corrected chi connectivity index (χ0v) is 21.8. The molecule has 2 rings (SSSR count). The minimum atomic E-state index is -0.610. The van der Waals surface area contributed by atoms with Gasteiger partial charge in [0.2, 0.25) is 0 Å². The average Bonchev–Trinajstić information content (AvgIpc) is 3.19. The van der Waals surface area contributed by atoms with E-state index in [-0.39, 0.29) is 11.9 Å². The van der Waals surface area contributed by atoms with Crippen LogP contribution in [0, 0.1) is 0 Å². The van der Waals surface area contributed by atoms with E-state index < -0.39 is 12.2 Å². The Bertz CT molecular complexity index is 953. The van der Waals surface area contributed by atoms with E-state index in [2.05, 4.69) is 19.1 Å². The Hall–Kier alpha value is -3.40. The van der Waals surface area contributed by atoms with Gasteiger partial charge >= 0.3 is 6.09 Å². The largest absolute Gasteiger partial charge is 0.439 e. The number of benzene rings is 1. The number of cyclic esters (lactones) is 1. The van der Waals surface area contributed by atoms with E-state index in [0.717, 1.165) is 16.9 Å². The molecule has 0 unspecified atom stereocenters. The zero-order chi connectivity index (χ0) is 25.8. The van der Waals surface area contributed by atoms with Crippen molar-refractivity contribution in [1.82, 2.24) is 4.90 Å². The van der Waals surface area contributed by atoms with Gasteiger partial charge in [0.05, 0.1) is 6.04 Å². The molecule has 0 radical (unpaired) electrons. The SMILES string of the molecule is CCCCCCCCCC=CC=CC=CC=CC=CC=CC(=O)N1C(=O)O[C@H](c2ccccc2)[C@@H]1C. The molecule has 1 saturated heterocycles. The third-order valence-corrected chi connectivity index (χ3v) is 5.98. The fraction of sp³-hybridized carbons (Fsp3) is 0.375. The molecule has 4 heteroatoms. The molecule has 36 heavy (non-hydrogen) atoms. The van der Waals surface area contributed by atoms with Gasteiger partial charge in [0.15, 0.2) is 0 Å². The molecule has 0 spiro atoms. The van der Waals surface area contributed by atoms with Crippen LogP contribution >= 0.6 is 0 Å². The molecular formula is C32H41NO3. The van der Waals surface area contributed by atoms with Crippen LogP contribution in [0.1, 0.15) is 76.9 Å². The molecule has 0 N–H and O–H groups in total. The highest BCUT2D eigenvalue weighted by atomic mass is 16.6. The highest BCUT2D eigenvalue weighted by molar-refractivity contribution is 6.00. The van der Waals surface area contributed by atoms with Crippen LogP contribution in [-0.2, 0) is 9.53 Å². The van der Waals surface area contributed by atoms with Crippen LogP contribution in [0.15, 0.2) is 103 Å². The fourth-order valence-corrected chi connectivity index (χ4v) is 3.97. The molecule has 1 aromatic carbocycles. The lowest BCUT2D eigenvalue weighted by Gasteiger charge is -2.17. The van der Waals surface area contributed by atoms with Crippen molar-refractivity contribution >= 4 is 12.0 Å². The summed E-state index contributed by atoms with van der Waals surface area (Å²) in [4.78, 5) is 25.9. The molecule has 1 aliphatic heterocycles. The van der Waals surface area contributed by atoms with E-state index in [1.54, 1.807) is 12.2 Å². The van der Waals surface area contributed by atoms with Crippen molar-refractivity contribution in [2.75, 3.05) is 0 Å². The minimum absolute atomic E-state index is 0.366. The van der Waals surface area contributed by atoms with E-state index >= 15 is 0 Å². The van der Waals surface area contributed by atoms with Crippen molar-refractivity contribution in [3.8, 4) is 0 Å². The number of rotatable bonds is 15. The summed E-state index contributed by atoms with van der Waals surface area (Å²) in [5, 5.41) is 0. The first kappa shape index (κ1) is 28.8. The monoisotopic (exact) mass is 487 g/mol. The van der Waals surface area contributed by atoms with Gasteiger partial charge in [0.1, 0.15) is 6.10 Å². The number of amides is 2. The van der Waals surface area contributed by atoms with Crippen LogP contribution < -0.4 is 0 Å². The van der Waals surface area contributed by atoms with Crippen LogP contribution in [0.5, 0.6) is 0 Å². The Morgan fingerprint density at radius 1 is 0.806 bits per heavy atom. The maximum Gasteiger partial charge on any atom is 0.417 e. The average molecular weight is 488 g/mol. The molecule has 2 amide bonds. The second-order valence-corrected chi connectivity index (χ2v) is 8.90. The summed E-state index contributed by atoms with van der Waals surface area (Å²) < 4.78 is 5.42. The van der Waals surface area contributed by atoms with Crippen LogP contribution in [-0.4, -0.2) is 22.9 Å². The Labute approximate surface area is 217 Å². The van der Waals surface area contributed by atoms with Crippen molar-refractivity contribution in [3.63, 3.8) is 0 Å². The number of hydrogen-bond donors (Lipinski definition) is 0. The first-order valence-corrected chi connectivity index (χ1v) is 13.2. The van der Waals surface area contributed by atoms with Gasteiger partial charge in [-0.15, -0.1) is 0 Å². The van der Waals surface area contributed by atoms with Crippen LogP contribution in [0.4, 0.5) is 4.79 Å². The van der Waals surface area contributed by atoms with Gasteiger partial charge in [0, 0.05) is 6.08 Å². The molecule has 0 saturated carbocycles. The summed E-state index contributed by atoms with van der Waals surface area (Å²) in [5.74, 6) is -0.385. The molecule has 0 bridgehead atoms. The molecule has 1 fully saturated rings. The molecular weight excluding hydrogens is 446 g/mol. The van der Waals surface area contributed by atoms with Gasteiger partial charge in [-0.3, -0.25) is 4.79 Å². The van der Waals surface area contributed by atoms with Crippen molar-refractivity contribution in [2.45, 2.75) is 77.4 Å². The summed E-state index contributed by atoms with van der Waals surface area (Å²) in [6.07, 6.45) is 32.2. The van der Waals surface area contributed by atoms with Crippen molar-refractivity contribution < 1.29 is 14.3 Å². The highest BCUT2D eigenvalue weighted by Crippen LogP contribution is 2.32. The Morgan fingerprint density at radius 2 is 1.36 bits per heavy atom. The van der Waals surface area contributed by atoms with E-state index in [4.69, 9.17) is 4.74 Å². The summed E-state index contributed by atoms with van der Waals surface area (Å²) in [5.41, 5.74) is 0.880. The van der Waals surface area contributed by atoms with E-state index in [0.29, 0.717) is 0 Å². The second-order valence-electron chi connectivity index (χ2n) is 8.90. The predicted molar refractivity (Wildman–Crippen MR) is 149 cm³/mol. The number of unbranched alkanes of at least 4 members (excludes halogenated alkanes) is 7. The Kier molecular flexibility index (Phi) is 14.4. The molecule has 0 aliphatic carbocycles. The lowest BCUT2D eigenvalue weighted by molar-refractivity contribution is -0.124. The van der Waals surface area contributed by atoms with Crippen LogP contribution in [0.2, 0.25) is 0 Å². The molecule has 1 aliphatic rings. The maximum atomic E-state index is 12.5. The first-order chi connectivity index (χ1) is 17.6. The molecule has 1 heterocycles. The predicted octanol–water partition coefficient (Wildman–Crippen LogP) is 8.57. The summed E-state index contributed by atoms with van der Waals surface area (Å²) in [6, 6.07) is 9.10. The first-order valence-electron chi connectivity index (χ1n) is 13.2. The van der Waals surface area contributed by atoms with Crippen molar-refractivity contribution in [1.29, 1.82) is 0 Å². The number of ether oxygens (including phenoxy) is 1. The van der Waals surface area contributed by atoms with E-state index in [9.17, 15) is 9.59 Å². The molecule has 4 nitrogen and oxygen atoms in total. The smallest absolute Gasteiger partial charge is 0.417 e. The van der Waals surface area contributed by atoms with Gasteiger partial charge < -0.3 is 4.74 Å². The van der Waals surface area contributed by atoms with Crippen LogP contribution in [0.25, 0.3) is 0 Å². The molecule has 2 atom stereocenters. The number of imide groups is 1. The fourth-order valence-electron chi connectivity index (χ4n) is 3.97.